The van der Waals surface area contributed by atoms with Crippen molar-refractivity contribution in [3.8, 4) is 11.8 Å². The number of hydrogen-bond donors (Lipinski definition) is 3. The average Bonchev–Trinajstić information content (AvgIpc) is 2.70. The number of phenols is 1. The molecule has 2 aromatic rings. The fourth-order valence-electron chi connectivity index (χ4n) is 2.48. The smallest absolute Gasteiger partial charge is 0.412 e. The topological polar surface area (TPSA) is 129 Å². The van der Waals surface area contributed by atoms with Crippen LogP contribution >= 0.6 is 31.9 Å². The van der Waals surface area contributed by atoms with Crippen molar-refractivity contribution in [3.05, 3.63) is 68.6 Å². The molecule has 0 saturated carbocycles. The van der Waals surface area contributed by atoms with Gasteiger partial charge in [-0.1, -0.05) is 15.9 Å². The second-order valence-electron chi connectivity index (χ2n) is 5.86. The van der Waals surface area contributed by atoms with E-state index in [4.69, 9.17) is 19.8 Å². The number of benzene rings is 2. The first kappa shape index (κ1) is 23.4. The van der Waals surface area contributed by atoms with Gasteiger partial charge in [-0.2, -0.15) is 5.26 Å². The lowest BCUT2D eigenvalue weighted by atomic mass is 10.0. The molecule has 0 fully saturated rings. The maximum atomic E-state index is 12.5. The molecular formula is C20H16Br2N2O6. The number of nitrogens with one attached hydrogen (secondary N) is 1. The van der Waals surface area contributed by atoms with E-state index in [1.165, 1.54) is 43.5 Å². The molecule has 0 aliphatic carbocycles. The summed E-state index contributed by atoms with van der Waals surface area (Å²) in [6.45, 7) is 0. The van der Waals surface area contributed by atoms with Crippen LogP contribution in [-0.2, 0) is 14.3 Å². The number of nitrogens with zero attached hydrogens (tertiary/aromatic N) is 1. The number of carbonyl (C=O) groups excluding carboxylic acids is 1. The van der Waals surface area contributed by atoms with Crippen molar-refractivity contribution < 1.29 is 29.3 Å². The Labute approximate surface area is 189 Å². The number of phenolic OH excluding ortho intramolecular Hbond substituents is 1. The number of amides is 1. The standard InChI is InChI=1S/C20H16Br2N2O6/c1-29-16(6-7-17(25)26)19(14-8-12(21)9-15(22)18(14)27)30-20(28)24-13-4-2-11(10-23)3-5-13/h2-9,16,19,27H,1H3,(H,24,28)(H,25,26)/b7-6+/t16-,19-/m0/s1. The van der Waals surface area contributed by atoms with E-state index in [-0.39, 0.29) is 11.3 Å². The Balaban J connectivity index is 2.36. The molecule has 10 heteroatoms. The number of halogens is 2. The number of nitriles is 1. The largest absolute Gasteiger partial charge is 0.506 e. The van der Waals surface area contributed by atoms with Gasteiger partial charge in [-0.25, -0.2) is 9.59 Å². The summed E-state index contributed by atoms with van der Waals surface area (Å²) in [4.78, 5) is 23.4. The van der Waals surface area contributed by atoms with E-state index in [2.05, 4.69) is 37.2 Å². The van der Waals surface area contributed by atoms with Gasteiger partial charge >= 0.3 is 12.1 Å². The SMILES string of the molecule is CO[C@@H](/C=C/C(=O)O)[C@@H](OC(=O)Nc1ccc(C#N)cc1)c1cc(Br)cc(Br)c1O. The maximum Gasteiger partial charge on any atom is 0.412 e. The number of carboxylic acid groups (broad SMARTS) is 1. The predicted octanol–water partition coefficient (Wildman–Crippen LogP) is 4.73. The number of aromatic hydroxyl groups is 1. The summed E-state index contributed by atoms with van der Waals surface area (Å²) in [5, 5.41) is 30.8. The minimum Gasteiger partial charge on any atom is -0.506 e. The third-order valence-corrected chi connectivity index (χ3v) is 4.92. The summed E-state index contributed by atoms with van der Waals surface area (Å²) in [5.74, 6) is -1.40. The van der Waals surface area contributed by atoms with Gasteiger partial charge in [0.25, 0.3) is 0 Å². The van der Waals surface area contributed by atoms with E-state index >= 15 is 0 Å². The minimum absolute atomic E-state index is 0.188. The highest BCUT2D eigenvalue weighted by atomic mass is 79.9. The van der Waals surface area contributed by atoms with Crippen LogP contribution in [0.1, 0.15) is 17.2 Å². The van der Waals surface area contributed by atoms with Gasteiger partial charge in [0.2, 0.25) is 0 Å². The molecule has 0 spiro atoms. The molecular weight excluding hydrogens is 524 g/mol. The highest BCUT2D eigenvalue weighted by molar-refractivity contribution is 9.11. The van der Waals surface area contributed by atoms with Crippen LogP contribution in [0.3, 0.4) is 0 Å². The zero-order chi connectivity index (χ0) is 22.3. The van der Waals surface area contributed by atoms with Crippen molar-refractivity contribution in [2.45, 2.75) is 12.2 Å². The van der Waals surface area contributed by atoms with Gasteiger partial charge in [0.1, 0.15) is 11.9 Å². The van der Waals surface area contributed by atoms with Crippen molar-refractivity contribution in [3.63, 3.8) is 0 Å². The number of methoxy groups -OCH3 is 1. The molecule has 0 heterocycles. The van der Waals surface area contributed by atoms with Crippen LogP contribution in [-0.4, -0.2) is 35.5 Å². The summed E-state index contributed by atoms with van der Waals surface area (Å²) in [6, 6.07) is 11.2. The van der Waals surface area contributed by atoms with Gasteiger partial charge in [0.15, 0.2) is 6.10 Å². The second-order valence-corrected chi connectivity index (χ2v) is 7.63. The predicted molar refractivity (Wildman–Crippen MR) is 115 cm³/mol. The van der Waals surface area contributed by atoms with Crippen LogP contribution in [0.5, 0.6) is 5.75 Å². The van der Waals surface area contributed by atoms with E-state index in [0.717, 1.165) is 6.08 Å². The van der Waals surface area contributed by atoms with Crippen molar-refractivity contribution in [1.29, 1.82) is 5.26 Å². The summed E-state index contributed by atoms with van der Waals surface area (Å²) < 4.78 is 11.7. The molecule has 2 aromatic carbocycles. The number of anilines is 1. The van der Waals surface area contributed by atoms with Crippen LogP contribution in [0.2, 0.25) is 0 Å². The number of carbonyl (C=O) groups is 2. The van der Waals surface area contributed by atoms with Crippen molar-refractivity contribution in [2.75, 3.05) is 12.4 Å². The lowest BCUT2D eigenvalue weighted by molar-refractivity contribution is -0.131. The molecule has 0 radical (unpaired) electrons. The molecule has 156 valence electrons. The third kappa shape index (κ3) is 6.32. The first-order valence-electron chi connectivity index (χ1n) is 8.34. The Morgan fingerprint density at radius 1 is 1.23 bits per heavy atom. The molecule has 30 heavy (non-hydrogen) atoms. The van der Waals surface area contributed by atoms with E-state index < -0.39 is 24.3 Å². The highest BCUT2D eigenvalue weighted by Gasteiger charge is 2.29. The van der Waals surface area contributed by atoms with Crippen molar-refractivity contribution >= 4 is 49.6 Å². The summed E-state index contributed by atoms with van der Waals surface area (Å²) in [5.41, 5.74) is 0.995. The van der Waals surface area contributed by atoms with E-state index in [1.54, 1.807) is 6.07 Å². The van der Waals surface area contributed by atoms with E-state index in [9.17, 15) is 14.7 Å². The fourth-order valence-corrected chi connectivity index (χ4v) is 3.74. The van der Waals surface area contributed by atoms with Gasteiger partial charge in [0.05, 0.1) is 16.1 Å². The molecule has 0 aromatic heterocycles. The normalized spacial score (nSPS) is 12.7. The molecule has 0 aliphatic heterocycles. The summed E-state index contributed by atoms with van der Waals surface area (Å²) >= 11 is 6.52. The maximum absolute atomic E-state index is 12.5. The summed E-state index contributed by atoms with van der Waals surface area (Å²) in [6.07, 6.45) is -1.01. The Hall–Kier alpha value is -2.87. The zero-order valence-corrected chi connectivity index (χ0v) is 18.7. The minimum atomic E-state index is -1.21. The molecule has 2 rings (SSSR count). The zero-order valence-electron chi connectivity index (χ0n) is 15.5. The molecule has 2 atom stereocenters. The highest BCUT2D eigenvalue weighted by Crippen LogP contribution is 2.39. The first-order valence-corrected chi connectivity index (χ1v) is 9.93. The van der Waals surface area contributed by atoms with Gasteiger partial charge in [-0.15, -0.1) is 0 Å². The molecule has 8 nitrogen and oxygen atoms in total. The monoisotopic (exact) mass is 538 g/mol. The Morgan fingerprint density at radius 3 is 2.47 bits per heavy atom. The Kier molecular flexibility index (Phi) is 8.41. The summed E-state index contributed by atoms with van der Waals surface area (Å²) in [7, 11) is 1.32. The third-order valence-electron chi connectivity index (χ3n) is 3.86. The lowest BCUT2D eigenvalue weighted by Crippen LogP contribution is -2.27. The van der Waals surface area contributed by atoms with Crippen molar-refractivity contribution in [2.24, 2.45) is 0 Å². The number of ether oxygens (including phenoxy) is 2. The first-order chi connectivity index (χ1) is 14.2. The van der Waals surface area contributed by atoms with Crippen LogP contribution in [0.4, 0.5) is 10.5 Å². The number of aliphatic carboxylic acids is 1. The van der Waals surface area contributed by atoms with Gasteiger partial charge in [-0.05, 0) is 58.4 Å². The average molecular weight is 540 g/mol. The van der Waals surface area contributed by atoms with Gasteiger partial charge in [0, 0.05) is 28.9 Å². The second kappa shape index (κ2) is 10.8. The van der Waals surface area contributed by atoms with E-state index in [0.29, 0.717) is 20.2 Å². The Morgan fingerprint density at radius 2 is 1.90 bits per heavy atom. The molecule has 1 amide bonds. The fraction of sp³-hybridized carbons (Fsp3) is 0.150. The van der Waals surface area contributed by atoms with Crippen LogP contribution in [0.25, 0.3) is 0 Å². The number of rotatable bonds is 7. The Bertz CT molecular complexity index is 1000. The molecule has 3 N–H and O–H groups in total. The number of carboxylic acids is 1. The molecule has 0 unspecified atom stereocenters. The quantitative estimate of drug-likeness (QED) is 0.433. The van der Waals surface area contributed by atoms with Crippen LogP contribution in [0, 0.1) is 11.3 Å². The van der Waals surface area contributed by atoms with E-state index in [1.807, 2.05) is 6.07 Å². The lowest BCUT2D eigenvalue weighted by Gasteiger charge is -2.25. The van der Waals surface area contributed by atoms with Gasteiger partial charge < -0.3 is 19.7 Å². The van der Waals surface area contributed by atoms with Crippen LogP contribution in [0.15, 0.2) is 57.5 Å². The van der Waals surface area contributed by atoms with Crippen LogP contribution < -0.4 is 5.32 Å². The molecule has 0 aliphatic rings. The molecule has 0 saturated heterocycles. The van der Waals surface area contributed by atoms with Gasteiger partial charge in [-0.3, -0.25) is 5.32 Å². The molecule has 0 bridgehead atoms. The number of hydrogen-bond acceptors (Lipinski definition) is 6. The van der Waals surface area contributed by atoms with Crippen molar-refractivity contribution in [1.82, 2.24) is 0 Å².